The van der Waals surface area contributed by atoms with Crippen LogP contribution in [0.3, 0.4) is 0 Å². The van der Waals surface area contributed by atoms with Crippen molar-refractivity contribution in [3.63, 3.8) is 0 Å². The molecule has 0 heterocycles. The highest BCUT2D eigenvalue weighted by Crippen LogP contribution is 2.20. The summed E-state index contributed by atoms with van der Waals surface area (Å²) in [5.74, 6) is -0.476. The van der Waals surface area contributed by atoms with Gasteiger partial charge in [-0.05, 0) is 12.1 Å². The van der Waals surface area contributed by atoms with Crippen molar-refractivity contribution in [3.05, 3.63) is 24.0 Å². The number of carbonyl (C=O) groups is 1. The lowest BCUT2D eigenvalue weighted by Crippen LogP contribution is -2.32. The summed E-state index contributed by atoms with van der Waals surface area (Å²) in [4.78, 5) is 11.4. The van der Waals surface area contributed by atoms with Crippen LogP contribution in [0.15, 0.2) is 18.2 Å². The van der Waals surface area contributed by atoms with Crippen molar-refractivity contribution in [2.75, 3.05) is 39.2 Å². The number of hydrogen-bond donors (Lipinski definition) is 2. The van der Waals surface area contributed by atoms with Crippen LogP contribution in [0.25, 0.3) is 0 Å². The number of nitrogens with one attached hydrogen (secondary N) is 2. The fraction of sp³-hybridized carbons (Fsp3) is 0.417. The van der Waals surface area contributed by atoms with Crippen LogP contribution in [0.1, 0.15) is 0 Å². The lowest BCUT2D eigenvalue weighted by Gasteiger charge is -2.08. The Morgan fingerprint density at radius 3 is 2.78 bits per heavy atom. The number of methoxy groups -OCH3 is 2. The molecule has 18 heavy (non-hydrogen) atoms. The first-order valence-corrected chi connectivity index (χ1v) is 5.50. The molecule has 6 heteroatoms. The molecule has 0 fully saturated rings. The van der Waals surface area contributed by atoms with Crippen LogP contribution in [0.4, 0.5) is 10.1 Å². The van der Waals surface area contributed by atoms with Crippen LogP contribution in [0.2, 0.25) is 0 Å². The molecule has 0 radical (unpaired) electrons. The molecule has 0 spiro atoms. The minimum atomic E-state index is -0.470. The molecule has 2 N–H and O–H groups in total. The Kier molecular flexibility index (Phi) is 5.93. The molecule has 0 saturated heterocycles. The number of halogens is 1. The molecule has 1 rings (SSSR count). The fourth-order valence-corrected chi connectivity index (χ4v) is 1.31. The van der Waals surface area contributed by atoms with Crippen molar-refractivity contribution in [3.8, 4) is 5.75 Å². The largest absolute Gasteiger partial charge is 0.494 e. The van der Waals surface area contributed by atoms with E-state index in [1.807, 2.05) is 0 Å². The molecule has 1 amide bonds. The Labute approximate surface area is 105 Å². The van der Waals surface area contributed by atoms with E-state index in [1.54, 1.807) is 13.2 Å². The van der Waals surface area contributed by atoms with Gasteiger partial charge < -0.3 is 20.1 Å². The summed E-state index contributed by atoms with van der Waals surface area (Å²) in [5.41, 5.74) is 0.523. The highest BCUT2D eigenvalue weighted by molar-refractivity contribution is 5.80. The number of ether oxygens (including phenoxy) is 2. The highest BCUT2D eigenvalue weighted by Gasteiger charge is 2.04. The predicted molar refractivity (Wildman–Crippen MR) is 66.3 cm³/mol. The Bertz CT molecular complexity index is 399. The molecular weight excluding hydrogens is 239 g/mol. The monoisotopic (exact) mass is 256 g/mol. The van der Waals surface area contributed by atoms with E-state index in [0.717, 1.165) is 0 Å². The molecule has 0 aliphatic rings. The van der Waals surface area contributed by atoms with Gasteiger partial charge >= 0.3 is 0 Å². The highest BCUT2D eigenvalue weighted by atomic mass is 19.1. The van der Waals surface area contributed by atoms with Gasteiger partial charge in [0.25, 0.3) is 0 Å². The molecule has 1 aromatic carbocycles. The maximum absolute atomic E-state index is 13.3. The van der Waals surface area contributed by atoms with Gasteiger partial charge in [-0.2, -0.15) is 0 Å². The molecule has 0 aromatic heterocycles. The van der Waals surface area contributed by atoms with E-state index in [4.69, 9.17) is 9.47 Å². The van der Waals surface area contributed by atoms with E-state index in [9.17, 15) is 9.18 Å². The van der Waals surface area contributed by atoms with Gasteiger partial charge in [0.1, 0.15) is 0 Å². The fourth-order valence-electron chi connectivity index (χ4n) is 1.31. The summed E-state index contributed by atoms with van der Waals surface area (Å²) in [7, 11) is 2.96. The van der Waals surface area contributed by atoms with Crippen molar-refractivity contribution in [2.24, 2.45) is 0 Å². The summed E-state index contributed by atoms with van der Waals surface area (Å²) in [5, 5.41) is 5.46. The Morgan fingerprint density at radius 2 is 2.17 bits per heavy atom. The predicted octanol–water partition coefficient (Wildman–Crippen LogP) is 1.01. The molecule has 100 valence electrons. The average molecular weight is 256 g/mol. The SMILES string of the molecule is COCCNC(=O)CNc1ccc(OC)c(F)c1. The van der Waals surface area contributed by atoms with Crippen LogP contribution < -0.4 is 15.4 Å². The first-order chi connectivity index (χ1) is 8.67. The zero-order chi connectivity index (χ0) is 13.4. The second-order valence-corrected chi connectivity index (χ2v) is 3.55. The normalized spacial score (nSPS) is 9.94. The number of rotatable bonds is 7. The van der Waals surface area contributed by atoms with E-state index in [1.165, 1.54) is 19.2 Å². The molecule has 0 saturated carbocycles. The smallest absolute Gasteiger partial charge is 0.239 e. The third-order valence-electron chi connectivity index (χ3n) is 2.23. The number of anilines is 1. The number of hydrogen-bond acceptors (Lipinski definition) is 4. The van der Waals surface area contributed by atoms with Crippen LogP contribution in [-0.4, -0.2) is 39.8 Å². The van der Waals surface area contributed by atoms with Crippen molar-refractivity contribution in [1.82, 2.24) is 5.32 Å². The van der Waals surface area contributed by atoms with Crippen LogP contribution in [-0.2, 0) is 9.53 Å². The Morgan fingerprint density at radius 1 is 1.39 bits per heavy atom. The molecule has 0 bridgehead atoms. The van der Waals surface area contributed by atoms with Gasteiger partial charge in [-0.3, -0.25) is 4.79 Å². The first kappa shape index (κ1) is 14.2. The minimum absolute atomic E-state index is 0.0789. The molecular formula is C12H17FN2O3. The van der Waals surface area contributed by atoms with E-state index in [0.29, 0.717) is 18.8 Å². The summed E-state index contributed by atoms with van der Waals surface area (Å²) < 4.78 is 22.9. The topological polar surface area (TPSA) is 59.6 Å². The van der Waals surface area contributed by atoms with Gasteiger partial charge in [-0.25, -0.2) is 4.39 Å². The van der Waals surface area contributed by atoms with Gasteiger partial charge in [-0.1, -0.05) is 0 Å². The number of amides is 1. The van der Waals surface area contributed by atoms with E-state index >= 15 is 0 Å². The van der Waals surface area contributed by atoms with Gasteiger partial charge in [0, 0.05) is 25.4 Å². The average Bonchev–Trinajstić information content (AvgIpc) is 2.37. The van der Waals surface area contributed by atoms with Gasteiger partial charge in [-0.15, -0.1) is 0 Å². The van der Waals surface area contributed by atoms with Gasteiger partial charge in [0.15, 0.2) is 11.6 Å². The van der Waals surface area contributed by atoms with Crippen LogP contribution >= 0.6 is 0 Å². The molecule has 0 aliphatic heterocycles. The summed E-state index contributed by atoms with van der Waals surface area (Å²) in [6.07, 6.45) is 0. The standard InChI is InChI=1S/C12H17FN2O3/c1-17-6-5-14-12(16)8-15-9-3-4-11(18-2)10(13)7-9/h3-4,7,15H,5-6,8H2,1-2H3,(H,14,16). The van der Waals surface area contributed by atoms with Crippen LogP contribution in [0, 0.1) is 5.82 Å². The first-order valence-electron chi connectivity index (χ1n) is 5.50. The Hall–Kier alpha value is -1.82. The third kappa shape index (κ3) is 4.58. The van der Waals surface area contributed by atoms with Gasteiger partial charge in [0.2, 0.25) is 5.91 Å². The minimum Gasteiger partial charge on any atom is -0.494 e. The second kappa shape index (κ2) is 7.50. The third-order valence-corrected chi connectivity index (χ3v) is 2.23. The van der Waals surface area contributed by atoms with Crippen LogP contribution in [0.5, 0.6) is 5.75 Å². The van der Waals surface area contributed by atoms with E-state index in [-0.39, 0.29) is 18.2 Å². The number of benzene rings is 1. The summed E-state index contributed by atoms with van der Waals surface area (Å²) >= 11 is 0. The quantitative estimate of drug-likeness (QED) is 0.715. The van der Waals surface area contributed by atoms with Gasteiger partial charge in [0.05, 0.1) is 20.3 Å². The zero-order valence-electron chi connectivity index (χ0n) is 10.5. The molecule has 0 atom stereocenters. The van der Waals surface area contributed by atoms with E-state index < -0.39 is 5.82 Å². The summed E-state index contributed by atoms with van der Waals surface area (Å²) in [6.45, 7) is 0.992. The molecule has 5 nitrogen and oxygen atoms in total. The maximum atomic E-state index is 13.3. The van der Waals surface area contributed by atoms with Crippen molar-refractivity contribution in [1.29, 1.82) is 0 Å². The van der Waals surface area contributed by atoms with Crippen molar-refractivity contribution in [2.45, 2.75) is 0 Å². The lowest BCUT2D eigenvalue weighted by atomic mass is 10.3. The zero-order valence-corrected chi connectivity index (χ0v) is 10.5. The molecule has 0 unspecified atom stereocenters. The lowest BCUT2D eigenvalue weighted by molar-refractivity contribution is -0.119. The second-order valence-electron chi connectivity index (χ2n) is 3.55. The van der Waals surface area contributed by atoms with Crippen molar-refractivity contribution < 1.29 is 18.7 Å². The molecule has 1 aromatic rings. The molecule has 0 aliphatic carbocycles. The van der Waals surface area contributed by atoms with E-state index in [2.05, 4.69) is 10.6 Å². The Balaban J connectivity index is 2.39. The summed E-state index contributed by atoms with van der Waals surface area (Å²) in [6, 6.07) is 4.42. The van der Waals surface area contributed by atoms with Crippen molar-refractivity contribution >= 4 is 11.6 Å². The maximum Gasteiger partial charge on any atom is 0.239 e. The number of carbonyl (C=O) groups excluding carboxylic acids is 1.